The molecule has 1 amide bonds. The predicted molar refractivity (Wildman–Crippen MR) is 94.9 cm³/mol. The van der Waals surface area contributed by atoms with Crippen molar-refractivity contribution in [1.82, 2.24) is 19.6 Å². The molecule has 24 heavy (non-hydrogen) atoms. The highest BCUT2D eigenvalue weighted by molar-refractivity contribution is 5.85. The second-order valence-corrected chi connectivity index (χ2v) is 8.20. The number of piperidine rings is 2. The number of likely N-dealkylation sites (N-methyl/N-ethyl adjacent to an activating group) is 1. The molecule has 6 heteroatoms. The molecule has 3 heterocycles. The molecule has 1 unspecified atom stereocenters. The fourth-order valence-electron chi connectivity index (χ4n) is 4.29. The first-order chi connectivity index (χ1) is 11.5. The standard InChI is InChI=1S/C18H34N4O2/c1-19-8-5-18(24,6-9-19)17(23)22-7-3-4-16(15-22)14-21-12-10-20(2)11-13-21/h16,24H,3-15H2,1-2H3. The fraction of sp³-hybridized carbons (Fsp3) is 0.944. The van der Waals surface area contributed by atoms with Crippen molar-refractivity contribution in [3.8, 4) is 0 Å². The molecular formula is C18H34N4O2. The van der Waals surface area contributed by atoms with Gasteiger partial charge in [-0.2, -0.15) is 0 Å². The number of hydrogen-bond donors (Lipinski definition) is 1. The Labute approximate surface area is 146 Å². The van der Waals surface area contributed by atoms with Gasteiger partial charge in [0.25, 0.3) is 5.91 Å². The van der Waals surface area contributed by atoms with Gasteiger partial charge in [0, 0.05) is 58.9 Å². The first-order valence-corrected chi connectivity index (χ1v) is 9.57. The van der Waals surface area contributed by atoms with Gasteiger partial charge in [-0.15, -0.1) is 0 Å². The first-order valence-electron chi connectivity index (χ1n) is 9.57. The number of amides is 1. The first kappa shape index (κ1) is 18.1. The molecule has 6 nitrogen and oxygen atoms in total. The number of nitrogens with zero attached hydrogens (tertiary/aromatic N) is 4. The van der Waals surface area contributed by atoms with Crippen LogP contribution in [0.2, 0.25) is 0 Å². The Morgan fingerprint density at radius 3 is 2.29 bits per heavy atom. The normalized spacial score (nSPS) is 30.5. The molecule has 0 bridgehead atoms. The molecule has 1 N–H and O–H groups in total. The molecule has 3 aliphatic heterocycles. The quantitative estimate of drug-likeness (QED) is 0.781. The topological polar surface area (TPSA) is 50.3 Å². The highest BCUT2D eigenvalue weighted by Crippen LogP contribution is 2.27. The van der Waals surface area contributed by atoms with Crippen LogP contribution in [0.25, 0.3) is 0 Å². The van der Waals surface area contributed by atoms with Crippen molar-refractivity contribution in [2.45, 2.75) is 31.3 Å². The lowest BCUT2D eigenvalue weighted by Crippen LogP contribution is -2.57. The Morgan fingerprint density at radius 1 is 1.00 bits per heavy atom. The van der Waals surface area contributed by atoms with Crippen molar-refractivity contribution < 1.29 is 9.90 Å². The van der Waals surface area contributed by atoms with E-state index in [1.165, 1.54) is 6.42 Å². The molecule has 138 valence electrons. The third kappa shape index (κ3) is 4.28. The maximum Gasteiger partial charge on any atom is 0.254 e. The summed E-state index contributed by atoms with van der Waals surface area (Å²) in [6.45, 7) is 8.90. The second-order valence-electron chi connectivity index (χ2n) is 8.20. The van der Waals surface area contributed by atoms with Crippen molar-refractivity contribution in [3.63, 3.8) is 0 Å². The van der Waals surface area contributed by atoms with E-state index in [9.17, 15) is 9.90 Å². The number of carbonyl (C=O) groups excluding carboxylic acids is 1. The summed E-state index contributed by atoms with van der Waals surface area (Å²) in [6.07, 6.45) is 3.42. The van der Waals surface area contributed by atoms with Crippen molar-refractivity contribution in [3.05, 3.63) is 0 Å². The molecule has 0 saturated carbocycles. The van der Waals surface area contributed by atoms with Crippen LogP contribution < -0.4 is 0 Å². The zero-order valence-electron chi connectivity index (χ0n) is 15.4. The number of likely N-dealkylation sites (tertiary alicyclic amines) is 2. The molecule has 3 aliphatic rings. The Bertz CT molecular complexity index is 429. The van der Waals surface area contributed by atoms with Gasteiger partial charge in [-0.25, -0.2) is 0 Å². The number of carbonyl (C=O) groups is 1. The van der Waals surface area contributed by atoms with Gasteiger partial charge in [-0.05, 0) is 45.7 Å². The van der Waals surface area contributed by atoms with E-state index in [4.69, 9.17) is 0 Å². The fourth-order valence-corrected chi connectivity index (χ4v) is 4.29. The number of hydrogen-bond acceptors (Lipinski definition) is 5. The summed E-state index contributed by atoms with van der Waals surface area (Å²) in [7, 11) is 4.23. The summed E-state index contributed by atoms with van der Waals surface area (Å²) in [4.78, 5) is 22.0. The van der Waals surface area contributed by atoms with Crippen molar-refractivity contribution in [1.29, 1.82) is 0 Å². The van der Waals surface area contributed by atoms with E-state index in [0.29, 0.717) is 18.8 Å². The van der Waals surface area contributed by atoms with E-state index < -0.39 is 5.60 Å². The van der Waals surface area contributed by atoms with Gasteiger partial charge in [-0.3, -0.25) is 4.79 Å². The summed E-state index contributed by atoms with van der Waals surface area (Å²) < 4.78 is 0. The van der Waals surface area contributed by atoms with Gasteiger partial charge < -0.3 is 24.7 Å². The molecule has 0 spiro atoms. The largest absolute Gasteiger partial charge is 0.380 e. The zero-order chi connectivity index (χ0) is 17.2. The van der Waals surface area contributed by atoms with Crippen molar-refractivity contribution in [2.75, 3.05) is 73.0 Å². The van der Waals surface area contributed by atoms with E-state index in [-0.39, 0.29) is 5.91 Å². The molecule has 0 aromatic carbocycles. The Hall–Kier alpha value is -0.690. The molecule has 3 saturated heterocycles. The summed E-state index contributed by atoms with van der Waals surface area (Å²) >= 11 is 0. The second kappa shape index (κ2) is 7.68. The van der Waals surface area contributed by atoms with Gasteiger partial charge >= 0.3 is 0 Å². The maximum absolute atomic E-state index is 12.9. The van der Waals surface area contributed by atoms with E-state index in [1.54, 1.807) is 0 Å². The summed E-state index contributed by atoms with van der Waals surface area (Å²) in [6, 6.07) is 0. The van der Waals surface area contributed by atoms with Crippen LogP contribution in [0, 0.1) is 5.92 Å². The number of aliphatic hydroxyl groups is 1. The number of piperazine rings is 1. The van der Waals surface area contributed by atoms with Gasteiger partial charge in [0.1, 0.15) is 5.60 Å². The van der Waals surface area contributed by atoms with Crippen LogP contribution in [0.4, 0.5) is 0 Å². The van der Waals surface area contributed by atoms with Crippen LogP contribution in [0.15, 0.2) is 0 Å². The minimum Gasteiger partial charge on any atom is -0.380 e. The Kier molecular flexibility index (Phi) is 5.80. The van der Waals surface area contributed by atoms with E-state index in [0.717, 1.165) is 65.3 Å². The minimum absolute atomic E-state index is 0.0151. The van der Waals surface area contributed by atoms with E-state index in [1.807, 2.05) is 4.90 Å². The van der Waals surface area contributed by atoms with E-state index >= 15 is 0 Å². The van der Waals surface area contributed by atoms with Crippen molar-refractivity contribution in [2.24, 2.45) is 5.92 Å². The van der Waals surface area contributed by atoms with Crippen LogP contribution in [-0.2, 0) is 4.79 Å². The molecule has 3 fully saturated rings. The molecular weight excluding hydrogens is 304 g/mol. The number of rotatable bonds is 3. The lowest BCUT2D eigenvalue weighted by molar-refractivity contribution is -0.158. The minimum atomic E-state index is -1.12. The molecule has 0 aromatic heterocycles. The van der Waals surface area contributed by atoms with Gasteiger partial charge in [0.05, 0.1) is 0 Å². The SMILES string of the molecule is CN1CCN(CC2CCCN(C(=O)C3(O)CCN(C)CC3)C2)CC1. The highest BCUT2D eigenvalue weighted by atomic mass is 16.3. The van der Waals surface area contributed by atoms with Crippen LogP contribution in [0.1, 0.15) is 25.7 Å². The average molecular weight is 338 g/mol. The lowest BCUT2D eigenvalue weighted by atomic mass is 9.88. The Balaban J connectivity index is 1.52. The van der Waals surface area contributed by atoms with Crippen molar-refractivity contribution >= 4 is 5.91 Å². The third-order valence-corrected chi connectivity index (χ3v) is 6.13. The predicted octanol–water partition coefficient (Wildman–Crippen LogP) is -0.0709. The molecule has 0 radical (unpaired) electrons. The molecule has 1 atom stereocenters. The van der Waals surface area contributed by atoms with Crippen LogP contribution in [-0.4, -0.2) is 109 Å². The van der Waals surface area contributed by atoms with Gasteiger partial charge in [-0.1, -0.05) is 0 Å². The zero-order valence-corrected chi connectivity index (χ0v) is 15.4. The summed E-state index contributed by atoms with van der Waals surface area (Å²) in [5, 5.41) is 10.8. The van der Waals surface area contributed by atoms with Crippen LogP contribution in [0.3, 0.4) is 0 Å². The van der Waals surface area contributed by atoms with E-state index in [2.05, 4.69) is 28.8 Å². The van der Waals surface area contributed by atoms with Crippen LogP contribution >= 0.6 is 0 Å². The Morgan fingerprint density at radius 2 is 1.62 bits per heavy atom. The maximum atomic E-state index is 12.9. The van der Waals surface area contributed by atoms with Gasteiger partial charge in [0.2, 0.25) is 0 Å². The van der Waals surface area contributed by atoms with Crippen LogP contribution in [0.5, 0.6) is 0 Å². The monoisotopic (exact) mass is 338 g/mol. The highest BCUT2D eigenvalue weighted by Gasteiger charge is 2.42. The lowest BCUT2D eigenvalue weighted by Gasteiger charge is -2.42. The molecule has 0 aliphatic carbocycles. The molecule has 0 aromatic rings. The third-order valence-electron chi connectivity index (χ3n) is 6.13. The van der Waals surface area contributed by atoms with Gasteiger partial charge in [0.15, 0.2) is 0 Å². The summed E-state index contributed by atoms with van der Waals surface area (Å²) in [5.41, 5.74) is -1.12. The summed E-state index contributed by atoms with van der Waals surface area (Å²) in [5.74, 6) is 0.541. The molecule has 3 rings (SSSR count). The smallest absolute Gasteiger partial charge is 0.254 e. The average Bonchev–Trinajstić information content (AvgIpc) is 2.59.